The maximum Gasteiger partial charge on any atom is 0.408 e. The highest BCUT2D eigenvalue weighted by atomic mass is 19.1. The van der Waals surface area contributed by atoms with Crippen molar-refractivity contribution in [1.29, 1.82) is 0 Å². The van der Waals surface area contributed by atoms with Gasteiger partial charge in [0.25, 0.3) is 0 Å². The smallest absolute Gasteiger partial charge is 0.408 e. The Morgan fingerprint density at radius 2 is 2.03 bits per heavy atom. The maximum atomic E-state index is 14.0. The molecule has 0 aliphatic carbocycles. The molecule has 0 spiro atoms. The molecule has 2 atom stereocenters. The van der Waals surface area contributed by atoms with E-state index in [9.17, 15) is 24.2 Å². The first-order valence-corrected chi connectivity index (χ1v) is 11.7. The van der Waals surface area contributed by atoms with Gasteiger partial charge in [-0.2, -0.15) is 0 Å². The van der Waals surface area contributed by atoms with E-state index in [0.717, 1.165) is 27.1 Å². The largest absolute Gasteiger partial charge is 0.496 e. The van der Waals surface area contributed by atoms with Crippen molar-refractivity contribution in [3.8, 4) is 16.9 Å². The van der Waals surface area contributed by atoms with Gasteiger partial charge in [-0.15, -0.1) is 0 Å². The second kappa shape index (κ2) is 8.94. The van der Waals surface area contributed by atoms with Gasteiger partial charge in [0.15, 0.2) is 0 Å². The van der Waals surface area contributed by atoms with Crippen LogP contribution in [-0.2, 0) is 4.79 Å². The normalized spacial score (nSPS) is 22.6. The quantitative estimate of drug-likeness (QED) is 0.489. The number of carboxylic acids is 1. The molecule has 2 aromatic heterocycles. The van der Waals surface area contributed by atoms with Crippen LogP contribution in [0.4, 0.5) is 9.18 Å². The summed E-state index contributed by atoms with van der Waals surface area (Å²) >= 11 is 0. The molecule has 3 N–H and O–H groups in total. The van der Waals surface area contributed by atoms with Crippen LogP contribution in [0.3, 0.4) is 0 Å². The topological polar surface area (TPSA) is 119 Å². The lowest BCUT2D eigenvalue weighted by Gasteiger charge is -2.31. The van der Waals surface area contributed by atoms with Crippen LogP contribution in [0.5, 0.6) is 5.75 Å². The van der Waals surface area contributed by atoms with Crippen molar-refractivity contribution in [1.82, 2.24) is 19.8 Å². The van der Waals surface area contributed by atoms with Crippen molar-refractivity contribution in [2.45, 2.75) is 31.3 Å². The Hall–Kier alpha value is -3.92. The van der Waals surface area contributed by atoms with Crippen molar-refractivity contribution in [2.24, 2.45) is 0 Å². The highest BCUT2D eigenvalue weighted by molar-refractivity contribution is 5.96. The van der Waals surface area contributed by atoms with Crippen LogP contribution in [0.25, 0.3) is 27.7 Å². The molecule has 9 nitrogen and oxygen atoms in total. The van der Waals surface area contributed by atoms with Crippen LogP contribution in [0.15, 0.2) is 42.6 Å². The number of H-pyrrole nitrogens is 1. The second-order valence-corrected chi connectivity index (χ2v) is 9.45. The van der Waals surface area contributed by atoms with Crippen LogP contribution in [-0.4, -0.2) is 80.4 Å². The molecule has 1 amide bonds. The van der Waals surface area contributed by atoms with Crippen molar-refractivity contribution in [2.75, 3.05) is 26.7 Å². The predicted octanol–water partition coefficient (Wildman–Crippen LogP) is 4.06. The SMILES string of the molecule is COc1ccc(F)cc1-c1ccnc2[nH]c(C3=CCN(C4CN(C(=O)O)[C@](C)(C(=O)O)C4)CC3)cc12. The van der Waals surface area contributed by atoms with Gasteiger partial charge in [0.2, 0.25) is 0 Å². The molecule has 3 aromatic rings. The number of rotatable bonds is 5. The third kappa shape index (κ3) is 3.97. The molecular formula is C26H27FN4O5. The monoisotopic (exact) mass is 494 g/mol. The number of carboxylic acid groups (broad SMARTS) is 2. The lowest BCUT2D eigenvalue weighted by atomic mass is 9.96. The lowest BCUT2D eigenvalue weighted by Crippen LogP contribution is -2.50. The number of hydrogen-bond donors (Lipinski definition) is 3. The lowest BCUT2D eigenvalue weighted by molar-refractivity contribution is -0.147. The number of aliphatic carboxylic acids is 1. The number of fused-ring (bicyclic) bond motifs is 1. The summed E-state index contributed by atoms with van der Waals surface area (Å²) in [5, 5.41) is 20.0. The van der Waals surface area contributed by atoms with Gasteiger partial charge in [-0.05, 0) is 61.2 Å². The van der Waals surface area contributed by atoms with Gasteiger partial charge in [-0.3, -0.25) is 9.80 Å². The molecule has 10 heteroatoms. The summed E-state index contributed by atoms with van der Waals surface area (Å²) in [5.41, 5.74) is 2.71. The van der Waals surface area contributed by atoms with E-state index in [4.69, 9.17) is 4.74 Å². The van der Waals surface area contributed by atoms with Gasteiger partial charge in [-0.1, -0.05) is 6.08 Å². The van der Waals surface area contributed by atoms with E-state index < -0.39 is 17.6 Å². The van der Waals surface area contributed by atoms with Crippen LogP contribution >= 0.6 is 0 Å². The summed E-state index contributed by atoms with van der Waals surface area (Å²) in [6.07, 6.45) is 3.49. The number of carbonyl (C=O) groups is 2. The molecule has 0 saturated carbocycles. The number of methoxy groups -OCH3 is 1. The number of benzene rings is 1. The molecule has 0 bridgehead atoms. The number of amides is 1. The molecule has 2 aliphatic heterocycles. The third-order valence-corrected chi connectivity index (χ3v) is 7.40. The Labute approximate surface area is 206 Å². The first kappa shape index (κ1) is 23.8. The van der Waals surface area contributed by atoms with E-state index >= 15 is 0 Å². The molecule has 1 aromatic carbocycles. The van der Waals surface area contributed by atoms with Gasteiger partial charge < -0.3 is 19.9 Å². The zero-order valence-corrected chi connectivity index (χ0v) is 20.0. The Kier molecular flexibility index (Phi) is 5.91. The number of ether oxygens (including phenoxy) is 1. The van der Waals surface area contributed by atoms with E-state index in [1.54, 1.807) is 19.4 Å². The minimum atomic E-state index is -1.43. The molecule has 5 rings (SSSR count). The molecule has 1 fully saturated rings. The highest BCUT2D eigenvalue weighted by Gasteiger charge is 2.51. The average molecular weight is 495 g/mol. The number of aromatic nitrogens is 2. The molecule has 1 saturated heterocycles. The molecule has 188 valence electrons. The maximum absolute atomic E-state index is 14.0. The van der Waals surface area contributed by atoms with Gasteiger partial charge in [0, 0.05) is 48.5 Å². The van der Waals surface area contributed by atoms with Crippen LogP contribution < -0.4 is 4.74 Å². The Balaban J connectivity index is 1.40. The number of nitrogens with one attached hydrogen (secondary N) is 1. The summed E-state index contributed by atoms with van der Waals surface area (Å²) in [4.78, 5) is 34.4. The zero-order chi connectivity index (χ0) is 25.6. The molecule has 36 heavy (non-hydrogen) atoms. The second-order valence-electron chi connectivity index (χ2n) is 9.45. The van der Waals surface area contributed by atoms with E-state index in [1.807, 2.05) is 12.1 Å². The fraction of sp³-hybridized carbons (Fsp3) is 0.346. The van der Waals surface area contributed by atoms with Crippen LogP contribution in [0, 0.1) is 5.82 Å². The summed E-state index contributed by atoms with van der Waals surface area (Å²) in [6.45, 7) is 2.89. The van der Waals surface area contributed by atoms with Crippen molar-refractivity contribution in [3.05, 3.63) is 54.1 Å². The summed E-state index contributed by atoms with van der Waals surface area (Å²) in [5.74, 6) is -0.912. The van der Waals surface area contributed by atoms with Gasteiger partial charge in [-0.25, -0.2) is 19.0 Å². The number of pyridine rings is 1. The molecular weight excluding hydrogens is 467 g/mol. The third-order valence-electron chi connectivity index (χ3n) is 7.40. The number of nitrogens with zero attached hydrogens (tertiary/aromatic N) is 3. The van der Waals surface area contributed by atoms with E-state index in [0.29, 0.717) is 36.5 Å². The fourth-order valence-electron chi connectivity index (χ4n) is 5.37. The summed E-state index contributed by atoms with van der Waals surface area (Å²) in [7, 11) is 1.55. The molecule has 2 aliphatic rings. The average Bonchev–Trinajstić information content (AvgIpc) is 3.46. The van der Waals surface area contributed by atoms with Crippen molar-refractivity contribution in [3.63, 3.8) is 0 Å². The molecule has 4 heterocycles. The Morgan fingerprint density at radius 3 is 2.67 bits per heavy atom. The minimum absolute atomic E-state index is 0.163. The standard InChI is InChI=1S/C26H27FN4O5/c1-26(24(32)33)13-17(14-31(26)25(34)35)30-9-6-15(7-10-30)21-12-20-18(5-8-28-23(20)29-21)19-11-16(27)3-4-22(19)36-2/h3-6,8,11-12,17H,7,9-10,13-14H2,1-2H3,(H,28,29)(H,32,33)(H,34,35)/t17?,26-/m0/s1. The summed E-state index contributed by atoms with van der Waals surface area (Å²) < 4.78 is 19.5. The summed E-state index contributed by atoms with van der Waals surface area (Å²) in [6, 6.07) is 8.09. The predicted molar refractivity (Wildman–Crippen MR) is 131 cm³/mol. The Bertz CT molecular complexity index is 1390. The van der Waals surface area contributed by atoms with Crippen LogP contribution in [0.2, 0.25) is 0 Å². The van der Waals surface area contributed by atoms with Gasteiger partial charge >= 0.3 is 12.1 Å². The first-order valence-electron chi connectivity index (χ1n) is 11.7. The Morgan fingerprint density at radius 1 is 1.22 bits per heavy atom. The molecule has 1 unspecified atom stereocenters. The number of aromatic amines is 1. The number of likely N-dealkylation sites (tertiary alicyclic amines) is 1. The first-order chi connectivity index (χ1) is 17.2. The van der Waals surface area contributed by atoms with Crippen molar-refractivity contribution < 1.29 is 28.9 Å². The van der Waals surface area contributed by atoms with Crippen LogP contribution in [0.1, 0.15) is 25.5 Å². The van der Waals surface area contributed by atoms with Gasteiger partial charge in [0.05, 0.1) is 7.11 Å². The van der Waals surface area contributed by atoms with E-state index in [-0.39, 0.29) is 24.8 Å². The van der Waals surface area contributed by atoms with E-state index in [1.165, 1.54) is 19.1 Å². The highest BCUT2D eigenvalue weighted by Crippen LogP contribution is 2.38. The van der Waals surface area contributed by atoms with Crippen molar-refractivity contribution >= 4 is 28.7 Å². The van der Waals surface area contributed by atoms with Gasteiger partial charge in [0.1, 0.15) is 22.8 Å². The number of halogens is 1. The van der Waals surface area contributed by atoms with E-state index in [2.05, 4.69) is 20.9 Å². The number of hydrogen-bond acceptors (Lipinski definition) is 5. The zero-order valence-electron chi connectivity index (χ0n) is 20.0. The minimum Gasteiger partial charge on any atom is -0.496 e. The fourth-order valence-corrected chi connectivity index (χ4v) is 5.37. The molecule has 0 radical (unpaired) electrons.